The zero-order valence-electron chi connectivity index (χ0n) is 24.0. The van der Waals surface area contributed by atoms with E-state index in [4.69, 9.17) is 28.7 Å². The first-order valence-electron chi connectivity index (χ1n) is 14.1. The largest absolute Gasteiger partial charge is 0.508 e. The number of aliphatic carboxylic acids is 1. The molecule has 4 atom stereocenters. The molecule has 0 bridgehead atoms. The number of nitrogens with two attached hydrogens (primary N) is 5. The Labute approximate surface area is 246 Å². The van der Waals surface area contributed by atoms with E-state index in [1.54, 1.807) is 12.1 Å². The second-order valence-electron chi connectivity index (χ2n) is 10.0. The van der Waals surface area contributed by atoms with Gasteiger partial charge < -0.3 is 54.8 Å². The lowest BCUT2D eigenvalue weighted by Crippen LogP contribution is -2.57. The Morgan fingerprint density at radius 3 is 1.76 bits per heavy atom. The van der Waals surface area contributed by atoms with Crippen molar-refractivity contribution in [1.29, 1.82) is 0 Å². The highest BCUT2D eigenvalue weighted by atomic mass is 16.4. The predicted molar refractivity (Wildman–Crippen MR) is 159 cm³/mol. The summed E-state index contributed by atoms with van der Waals surface area (Å²) < 4.78 is 0. The first-order valence-corrected chi connectivity index (χ1v) is 14.1. The van der Waals surface area contributed by atoms with Gasteiger partial charge in [0.2, 0.25) is 17.7 Å². The highest BCUT2D eigenvalue weighted by molar-refractivity contribution is 5.94. The SMILES string of the molecule is NCCCCC(N)C(=O)NC(CCCN=C(N)N)C(=O)NC(CCCCN)C(=O)NC(Cc1ccc(O)cc1)C(=O)O. The van der Waals surface area contributed by atoms with E-state index < -0.39 is 47.9 Å². The van der Waals surface area contributed by atoms with Gasteiger partial charge in [0.1, 0.15) is 23.9 Å². The van der Waals surface area contributed by atoms with Crippen LogP contribution in [0.1, 0.15) is 56.9 Å². The molecule has 1 aromatic carbocycles. The van der Waals surface area contributed by atoms with E-state index in [9.17, 15) is 29.4 Å². The third-order valence-electron chi connectivity index (χ3n) is 6.45. The first kappa shape index (κ1) is 36.1. The number of nitrogens with one attached hydrogen (secondary N) is 3. The second kappa shape index (κ2) is 20.0. The van der Waals surface area contributed by atoms with Gasteiger partial charge in [0.15, 0.2) is 5.96 Å². The molecule has 15 N–H and O–H groups in total. The number of rotatable bonds is 21. The number of amides is 3. The lowest BCUT2D eigenvalue weighted by molar-refractivity contribution is -0.142. The summed E-state index contributed by atoms with van der Waals surface area (Å²) in [5.74, 6) is -3.22. The number of carboxylic acids is 1. The molecule has 0 spiro atoms. The smallest absolute Gasteiger partial charge is 0.326 e. The molecule has 15 nitrogen and oxygen atoms in total. The number of nitrogens with zero attached hydrogens (tertiary/aromatic N) is 1. The highest BCUT2D eigenvalue weighted by Crippen LogP contribution is 2.12. The number of hydrogen-bond acceptors (Lipinski definition) is 9. The number of aromatic hydroxyl groups is 1. The molecule has 0 aliphatic heterocycles. The van der Waals surface area contributed by atoms with Gasteiger partial charge in [-0.1, -0.05) is 18.6 Å². The molecule has 0 saturated carbocycles. The Morgan fingerprint density at radius 1 is 0.738 bits per heavy atom. The van der Waals surface area contributed by atoms with Gasteiger partial charge in [-0.25, -0.2) is 4.79 Å². The summed E-state index contributed by atoms with van der Waals surface area (Å²) in [5, 5.41) is 27.0. The van der Waals surface area contributed by atoms with Crippen LogP contribution in [-0.2, 0) is 25.6 Å². The number of benzene rings is 1. The third kappa shape index (κ3) is 14.6. The molecule has 0 fully saturated rings. The Morgan fingerprint density at radius 2 is 1.24 bits per heavy atom. The fraction of sp³-hybridized carbons (Fsp3) is 0.593. The van der Waals surface area contributed by atoms with Crippen LogP contribution in [-0.4, -0.2) is 83.7 Å². The summed E-state index contributed by atoms with van der Waals surface area (Å²) in [6.07, 6.45) is 3.43. The molecule has 0 radical (unpaired) electrons. The standard InChI is InChI=1S/C27H47N9O6/c28-13-3-1-6-19(30)23(38)34-21(8-5-15-33-27(31)32)24(39)35-20(7-2-4-14-29)25(40)36-22(26(41)42)16-17-9-11-18(37)12-10-17/h9-12,19-22,37H,1-8,13-16,28-30H2,(H,34,38)(H,35,39)(H,36,40)(H,41,42)(H4,31,32,33). The van der Waals surface area contributed by atoms with E-state index in [-0.39, 0.29) is 37.5 Å². The normalized spacial score (nSPS) is 13.7. The van der Waals surface area contributed by atoms with Gasteiger partial charge in [-0.15, -0.1) is 0 Å². The van der Waals surface area contributed by atoms with Crippen LogP contribution in [0.15, 0.2) is 29.3 Å². The van der Waals surface area contributed by atoms with Crippen molar-refractivity contribution in [3.8, 4) is 5.75 Å². The Hall–Kier alpha value is -3.95. The minimum atomic E-state index is -1.29. The van der Waals surface area contributed by atoms with Crippen molar-refractivity contribution >= 4 is 29.7 Å². The summed E-state index contributed by atoms with van der Waals surface area (Å²) in [6, 6.07) is 1.63. The number of phenolic OH excluding ortho intramolecular Hbond substituents is 1. The maximum atomic E-state index is 13.4. The van der Waals surface area contributed by atoms with Gasteiger partial charge in [0.25, 0.3) is 0 Å². The minimum absolute atomic E-state index is 0.0220. The number of hydrogen-bond donors (Lipinski definition) is 10. The number of unbranched alkanes of at least 4 members (excludes halogenated alkanes) is 2. The molecule has 0 heterocycles. The summed E-state index contributed by atoms with van der Waals surface area (Å²) in [6.45, 7) is 1.05. The third-order valence-corrected chi connectivity index (χ3v) is 6.45. The second-order valence-corrected chi connectivity index (χ2v) is 10.0. The van der Waals surface area contributed by atoms with Crippen molar-refractivity contribution in [3.05, 3.63) is 29.8 Å². The van der Waals surface area contributed by atoms with Crippen LogP contribution in [0.2, 0.25) is 0 Å². The summed E-state index contributed by atoms with van der Waals surface area (Å²) >= 11 is 0. The molecule has 1 aromatic rings. The summed E-state index contributed by atoms with van der Waals surface area (Å²) in [4.78, 5) is 55.2. The molecule has 1 rings (SSSR count). The molecule has 3 amide bonds. The van der Waals surface area contributed by atoms with Gasteiger partial charge >= 0.3 is 5.97 Å². The number of phenols is 1. The van der Waals surface area contributed by atoms with Crippen molar-refractivity contribution in [2.45, 2.75) is 82.0 Å². The molecule has 42 heavy (non-hydrogen) atoms. The van der Waals surface area contributed by atoms with Crippen molar-refractivity contribution < 1.29 is 29.4 Å². The van der Waals surface area contributed by atoms with Gasteiger partial charge in [-0.05, 0) is 75.7 Å². The average Bonchev–Trinajstić information content (AvgIpc) is 2.94. The highest BCUT2D eigenvalue weighted by Gasteiger charge is 2.30. The topological polar surface area (TPSA) is 287 Å². The van der Waals surface area contributed by atoms with E-state index in [0.717, 1.165) is 0 Å². The number of aliphatic imine (C=N–C) groups is 1. The average molecular weight is 594 g/mol. The molecule has 0 saturated heterocycles. The van der Waals surface area contributed by atoms with E-state index in [2.05, 4.69) is 20.9 Å². The fourth-order valence-electron chi connectivity index (χ4n) is 4.06. The van der Waals surface area contributed by atoms with Gasteiger partial charge in [0.05, 0.1) is 6.04 Å². The van der Waals surface area contributed by atoms with Crippen LogP contribution in [0.4, 0.5) is 0 Å². The number of carboxylic acid groups (broad SMARTS) is 1. The number of guanidine groups is 1. The van der Waals surface area contributed by atoms with Crippen molar-refractivity contribution in [2.24, 2.45) is 33.7 Å². The predicted octanol–water partition coefficient (Wildman–Crippen LogP) is -1.89. The fourth-order valence-corrected chi connectivity index (χ4v) is 4.06. The van der Waals surface area contributed by atoms with Crippen LogP contribution < -0.4 is 44.6 Å². The first-order chi connectivity index (χ1) is 20.0. The van der Waals surface area contributed by atoms with Crippen molar-refractivity contribution in [3.63, 3.8) is 0 Å². The lowest BCUT2D eigenvalue weighted by atomic mass is 10.0. The Balaban J connectivity index is 3.05. The summed E-state index contributed by atoms with van der Waals surface area (Å²) in [5.41, 5.74) is 28.4. The quantitative estimate of drug-likeness (QED) is 0.0427. The zero-order chi connectivity index (χ0) is 31.5. The molecular weight excluding hydrogens is 546 g/mol. The molecule has 0 aliphatic rings. The molecule has 0 aromatic heterocycles. The van der Waals surface area contributed by atoms with E-state index in [0.29, 0.717) is 57.2 Å². The number of carbonyl (C=O) groups excluding carboxylic acids is 3. The lowest BCUT2D eigenvalue weighted by Gasteiger charge is -2.25. The summed E-state index contributed by atoms with van der Waals surface area (Å²) in [7, 11) is 0. The van der Waals surface area contributed by atoms with Crippen LogP contribution in [0.25, 0.3) is 0 Å². The monoisotopic (exact) mass is 593 g/mol. The van der Waals surface area contributed by atoms with Crippen molar-refractivity contribution in [1.82, 2.24) is 16.0 Å². The van der Waals surface area contributed by atoms with Crippen LogP contribution in [0, 0.1) is 0 Å². The molecular formula is C27H47N9O6. The van der Waals surface area contributed by atoms with Crippen molar-refractivity contribution in [2.75, 3.05) is 19.6 Å². The number of carbonyl (C=O) groups is 4. The zero-order valence-corrected chi connectivity index (χ0v) is 24.0. The maximum Gasteiger partial charge on any atom is 0.326 e. The van der Waals surface area contributed by atoms with Crippen LogP contribution in [0.3, 0.4) is 0 Å². The Bertz CT molecular complexity index is 1020. The van der Waals surface area contributed by atoms with Crippen LogP contribution in [0.5, 0.6) is 5.75 Å². The van der Waals surface area contributed by atoms with Gasteiger partial charge in [-0.3, -0.25) is 19.4 Å². The Kier molecular flexibility index (Phi) is 17.2. The van der Waals surface area contributed by atoms with E-state index in [1.165, 1.54) is 12.1 Å². The maximum absolute atomic E-state index is 13.4. The van der Waals surface area contributed by atoms with E-state index >= 15 is 0 Å². The minimum Gasteiger partial charge on any atom is -0.508 e. The molecule has 15 heteroatoms. The molecule has 0 aliphatic carbocycles. The molecule has 236 valence electrons. The van der Waals surface area contributed by atoms with Gasteiger partial charge in [-0.2, -0.15) is 0 Å². The van der Waals surface area contributed by atoms with Crippen LogP contribution >= 0.6 is 0 Å². The van der Waals surface area contributed by atoms with Gasteiger partial charge in [0, 0.05) is 13.0 Å². The van der Waals surface area contributed by atoms with E-state index in [1.807, 2.05) is 0 Å². The molecule has 4 unspecified atom stereocenters.